The van der Waals surface area contributed by atoms with Crippen LogP contribution in [-0.2, 0) is 0 Å². The van der Waals surface area contributed by atoms with Crippen molar-refractivity contribution in [1.82, 2.24) is 15.2 Å². The fraction of sp³-hybridized carbons (Fsp3) is 0.222. The molecular formula is C18H19N3O3. The normalized spacial score (nSPS) is 10.5. The van der Waals surface area contributed by atoms with E-state index >= 15 is 0 Å². The van der Waals surface area contributed by atoms with Crippen LogP contribution in [0.25, 0.3) is 22.8 Å². The van der Waals surface area contributed by atoms with Crippen molar-refractivity contribution in [3.63, 3.8) is 0 Å². The van der Waals surface area contributed by atoms with Gasteiger partial charge in [0.2, 0.25) is 0 Å². The molecule has 3 aromatic rings. The standard InChI is InChI=1S/C18H19N3O3/c1-4-24-16-11-12(9-10-15(16)23-3)17-19-18(21-20-17)13-7-5-6-8-14(13)22-2/h5-11H,4H2,1-3H3,(H,19,20,21). The summed E-state index contributed by atoms with van der Waals surface area (Å²) in [6.45, 7) is 2.49. The smallest absolute Gasteiger partial charge is 0.181 e. The minimum atomic E-state index is 0.556. The van der Waals surface area contributed by atoms with E-state index in [1.54, 1.807) is 14.2 Å². The molecule has 0 bridgehead atoms. The van der Waals surface area contributed by atoms with Gasteiger partial charge in [0.1, 0.15) is 5.75 Å². The van der Waals surface area contributed by atoms with Gasteiger partial charge in [0.25, 0.3) is 0 Å². The summed E-state index contributed by atoms with van der Waals surface area (Å²) in [5, 5.41) is 7.27. The van der Waals surface area contributed by atoms with Crippen LogP contribution < -0.4 is 14.2 Å². The Labute approximate surface area is 140 Å². The molecule has 0 saturated heterocycles. The van der Waals surface area contributed by atoms with Gasteiger partial charge in [0.15, 0.2) is 23.1 Å². The molecule has 0 aliphatic rings. The van der Waals surface area contributed by atoms with E-state index in [-0.39, 0.29) is 0 Å². The number of rotatable bonds is 6. The highest BCUT2D eigenvalue weighted by Crippen LogP contribution is 2.33. The van der Waals surface area contributed by atoms with Crippen LogP contribution in [0, 0.1) is 0 Å². The molecule has 0 atom stereocenters. The number of hydrogen-bond acceptors (Lipinski definition) is 5. The topological polar surface area (TPSA) is 69.3 Å². The summed E-state index contributed by atoms with van der Waals surface area (Å²) >= 11 is 0. The maximum atomic E-state index is 5.61. The maximum absolute atomic E-state index is 5.61. The molecule has 0 fully saturated rings. The van der Waals surface area contributed by atoms with Gasteiger partial charge in [0, 0.05) is 5.56 Å². The zero-order valence-electron chi connectivity index (χ0n) is 13.9. The minimum Gasteiger partial charge on any atom is -0.496 e. The molecule has 1 heterocycles. The lowest BCUT2D eigenvalue weighted by Gasteiger charge is -2.09. The summed E-state index contributed by atoms with van der Waals surface area (Å²) in [6.07, 6.45) is 0. The van der Waals surface area contributed by atoms with Crippen molar-refractivity contribution in [1.29, 1.82) is 0 Å². The van der Waals surface area contributed by atoms with Gasteiger partial charge in [-0.25, -0.2) is 4.98 Å². The first-order valence-corrected chi connectivity index (χ1v) is 7.63. The number of H-pyrrole nitrogens is 1. The first kappa shape index (κ1) is 15.9. The largest absolute Gasteiger partial charge is 0.496 e. The van der Waals surface area contributed by atoms with E-state index in [2.05, 4.69) is 15.2 Å². The lowest BCUT2D eigenvalue weighted by Crippen LogP contribution is -1.96. The van der Waals surface area contributed by atoms with Gasteiger partial charge < -0.3 is 14.2 Å². The molecule has 6 nitrogen and oxygen atoms in total. The molecule has 1 N–H and O–H groups in total. The fourth-order valence-electron chi connectivity index (χ4n) is 2.44. The van der Waals surface area contributed by atoms with E-state index in [1.807, 2.05) is 49.4 Å². The third kappa shape index (κ3) is 3.03. The Morgan fingerprint density at radius 2 is 1.75 bits per heavy atom. The Morgan fingerprint density at radius 1 is 0.958 bits per heavy atom. The number of methoxy groups -OCH3 is 2. The van der Waals surface area contributed by atoms with Crippen LogP contribution in [0.3, 0.4) is 0 Å². The number of aromatic amines is 1. The highest BCUT2D eigenvalue weighted by molar-refractivity contribution is 5.67. The zero-order chi connectivity index (χ0) is 16.9. The third-order valence-electron chi connectivity index (χ3n) is 3.57. The highest BCUT2D eigenvalue weighted by atomic mass is 16.5. The Bertz CT molecular complexity index is 830. The molecule has 2 aromatic carbocycles. The van der Waals surface area contributed by atoms with Crippen LogP contribution in [0.15, 0.2) is 42.5 Å². The van der Waals surface area contributed by atoms with Crippen LogP contribution in [0.1, 0.15) is 6.92 Å². The molecule has 0 spiro atoms. The molecular weight excluding hydrogens is 306 g/mol. The lowest BCUT2D eigenvalue weighted by atomic mass is 10.1. The first-order chi connectivity index (χ1) is 11.8. The molecule has 0 aliphatic carbocycles. The van der Waals surface area contributed by atoms with Gasteiger partial charge in [-0.2, -0.15) is 5.10 Å². The quantitative estimate of drug-likeness (QED) is 0.750. The van der Waals surface area contributed by atoms with Gasteiger partial charge >= 0.3 is 0 Å². The van der Waals surface area contributed by atoms with Crippen molar-refractivity contribution >= 4 is 0 Å². The number of hydrogen-bond donors (Lipinski definition) is 1. The summed E-state index contributed by atoms with van der Waals surface area (Å²) < 4.78 is 16.3. The molecule has 3 rings (SSSR count). The number of nitrogens with zero attached hydrogens (tertiary/aromatic N) is 2. The minimum absolute atomic E-state index is 0.556. The Kier molecular flexibility index (Phi) is 4.65. The summed E-state index contributed by atoms with van der Waals surface area (Å²) in [5.74, 6) is 3.32. The van der Waals surface area contributed by atoms with Gasteiger partial charge in [-0.15, -0.1) is 0 Å². The van der Waals surface area contributed by atoms with E-state index in [0.29, 0.717) is 29.8 Å². The predicted octanol–water partition coefficient (Wildman–Crippen LogP) is 3.55. The SMILES string of the molecule is CCOc1cc(-c2n[nH]c(-c3ccccc3OC)n2)ccc1OC. The van der Waals surface area contributed by atoms with Crippen LogP contribution in [-0.4, -0.2) is 36.0 Å². The van der Waals surface area contributed by atoms with E-state index in [9.17, 15) is 0 Å². The van der Waals surface area contributed by atoms with Crippen molar-refractivity contribution in [2.45, 2.75) is 6.92 Å². The van der Waals surface area contributed by atoms with E-state index in [4.69, 9.17) is 14.2 Å². The number of aromatic nitrogens is 3. The summed E-state index contributed by atoms with van der Waals surface area (Å²) in [6, 6.07) is 13.3. The molecule has 1 aromatic heterocycles. The van der Waals surface area contributed by atoms with Crippen molar-refractivity contribution in [3.8, 4) is 40.0 Å². The molecule has 6 heteroatoms. The second-order valence-electron chi connectivity index (χ2n) is 5.01. The second kappa shape index (κ2) is 7.04. The molecule has 0 aliphatic heterocycles. The van der Waals surface area contributed by atoms with Crippen LogP contribution in [0.5, 0.6) is 17.2 Å². The second-order valence-corrected chi connectivity index (χ2v) is 5.01. The predicted molar refractivity (Wildman–Crippen MR) is 91.5 cm³/mol. The maximum Gasteiger partial charge on any atom is 0.181 e. The highest BCUT2D eigenvalue weighted by Gasteiger charge is 2.13. The molecule has 0 amide bonds. The Hall–Kier alpha value is -3.02. The first-order valence-electron chi connectivity index (χ1n) is 7.63. The number of benzene rings is 2. The van der Waals surface area contributed by atoms with Crippen molar-refractivity contribution in [3.05, 3.63) is 42.5 Å². The number of nitrogens with one attached hydrogen (secondary N) is 1. The van der Waals surface area contributed by atoms with E-state index in [0.717, 1.165) is 16.9 Å². The average molecular weight is 325 g/mol. The molecule has 0 unspecified atom stereocenters. The fourth-order valence-corrected chi connectivity index (χ4v) is 2.44. The van der Waals surface area contributed by atoms with Gasteiger partial charge in [-0.1, -0.05) is 12.1 Å². The monoisotopic (exact) mass is 325 g/mol. The van der Waals surface area contributed by atoms with Gasteiger partial charge in [-0.05, 0) is 37.3 Å². The summed E-state index contributed by atoms with van der Waals surface area (Å²) in [4.78, 5) is 4.57. The molecule has 0 radical (unpaired) electrons. The summed E-state index contributed by atoms with van der Waals surface area (Å²) in [7, 11) is 3.25. The van der Waals surface area contributed by atoms with E-state index < -0.39 is 0 Å². The van der Waals surface area contributed by atoms with Crippen LogP contribution in [0.4, 0.5) is 0 Å². The Morgan fingerprint density at radius 3 is 2.50 bits per heavy atom. The van der Waals surface area contributed by atoms with E-state index in [1.165, 1.54) is 0 Å². The molecule has 24 heavy (non-hydrogen) atoms. The number of para-hydroxylation sites is 1. The molecule has 0 saturated carbocycles. The zero-order valence-corrected chi connectivity index (χ0v) is 13.9. The van der Waals surface area contributed by atoms with Crippen molar-refractivity contribution in [2.75, 3.05) is 20.8 Å². The summed E-state index contributed by atoms with van der Waals surface area (Å²) in [5.41, 5.74) is 1.70. The van der Waals surface area contributed by atoms with Crippen molar-refractivity contribution in [2.24, 2.45) is 0 Å². The van der Waals surface area contributed by atoms with Crippen LogP contribution in [0.2, 0.25) is 0 Å². The average Bonchev–Trinajstić information content (AvgIpc) is 3.12. The van der Waals surface area contributed by atoms with Gasteiger partial charge in [0.05, 0.1) is 26.4 Å². The molecule has 124 valence electrons. The van der Waals surface area contributed by atoms with Gasteiger partial charge in [-0.3, -0.25) is 5.10 Å². The third-order valence-corrected chi connectivity index (χ3v) is 3.57. The Balaban J connectivity index is 1.97. The van der Waals surface area contributed by atoms with Crippen molar-refractivity contribution < 1.29 is 14.2 Å². The lowest BCUT2D eigenvalue weighted by molar-refractivity contribution is 0.311. The number of ether oxygens (including phenoxy) is 3. The van der Waals surface area contributed by atoms with Crippen LogP contribution >= 0.6 is 0 Å².